The molecule has 2 aromatic carbocycles. The summed E-state index contributed by atoms with van der Waals surface area (Å²) in [5.74, 6) is 1.56. The molecule has 0 radical (unpaired) electrons. The number of fused-ring (bicyclic) bond motifs is 1. The Labute approximate surface area is 163 Å². The van der Waals surface area contributed by atoms with Crippen molar-refractivity contribution in [2.45, 2.75) is 32.7 Å². The molecule has 1 aromatic heterocycles. The Morgan fingerprint density at radius 2 is 2.04 bits per heavy atom. The Morgan fingerprint density at radius 3 is 2.78 bits per heavy atom. The molecule has 5 nitrogen and oxygen atoms in total. The largest absolute Gasteiger partial charge is 0.483 e. The van der Waals surface area contributed by atoms with Crippen molar-refractivity contribution < 1.29 is 9.53 Å². The summed E-state index contributed by atoms with van der Waals surface area (Å²) in [7, 11) is 0. The minimum absolute atomic E-state index is 0.0139. The third kappa shape index (κ3) is 3.52. The number of rotatable bonds is 4. The first kappa shape index (κ1) is 17.9. The molecule has 1 saturated heterocycles. The molecule has 1 fully saturated rings. The number of carbonyl (C=O) groups is 1. The van der Waals surface area contributed by atoms with Gasteiger partial charge in [0.2, 0.25) is 0 Å². The van der Waals surface area contributed by atoms with E-state index in [1.165, 1.54) is 0 Å². The molecule has 0 unspecified atom stereocenters. The number of nitrogens with one attached hydrogen (secondary N) is 1. The van der Waals surface area contributed by atoms with Gasteiger partial charge in [0.05, 0.1) is 17.1 Å². The second-order valence-electron chi connectivity index (χ2n) is 7.04. The highest BCUT2D eigenvalue weighted by Crippen LogP contribution is 2.32. The van der Waals surface area contributed by atoms with Gasteiger partial charge in [0, 0.05) is 11.6 Å². The number of H-pyrrole nitrogens is 1. The van der Waals surface area contributed by atoms with Crippen LogP contribution in [-0.4, -0.2) is 33.9 Å². The summed E-state index contributed by atoms with van der Waals surface area (Å²) in [6.45, 7) is 4.61. The van der Waals surface area contributed by atoms with Gasteiger partial charge >= 0.3 is 0 Å². The summed E-state index contributed by atoms with van der Waals surface area (Å²) in [5, 5.41) is 0.674. The van der Waals surface area contributed by atoms with Crippen LogP contribution >= 0.6 is 11.6 Å². The summed E-state index contributed by atoms with van der Waals surface area (Å²) >= 11 is 6.07. The van der Waals surface area contributed by atoms with Crippen molar-refractivity contribution in [3.63, 3.8) is 0 Å². The molecule has 3 aromatic rings. The van der Waals surface area contributed by atoms with Crippen molar-refractivity contribution in [3.8, 4) is 5.75 Å². The maximum Gasteiger partial charge on any atom is 0.261 e. The molecule has 0 bridgehead atoms. The highest BCUT2D eigenvalue weighted by atomic mass is 35.5. The van der Waals surface area contributed by atoms with E-state index in [0.717, 1.165) is 53.1 Å². The summed E-state index contributed by atoms with van der Waals surface area (Å²) in [6.07, 6.45) is 1.87. The van der Waals surface area contributed by atoms with Crippen LogP contribution in [0.1, 0.15) is 35.8 Å². The first-order valence-electron chi connectivity index (χ1n) is 9.16. The Balaban J connectivity index is 1.49. The lowest BCUT2D eigenvalue weighted by Crippen LogP contribution is -2.35. The number of amides is 1. The molecule has 2 heterocycles. The van der Waals surface area contributed by atoms with E-state index in [4.69, 9.17) is 16.3 Å². The van der Waals surface area contributed by atoms with E-state index in [2.05, 4.69) is 9.97 Å². The highest BCUT2D eigenvalue weighted by Gasteiger charge is 2.32. The average molecular weight is 384 g/mol. The molecule has 4 rings (SSSR count). The molecule has 0 spiro atoms. The number of aromatic amines is 1. The van der Waals surface area contributed by atoms with E-state index in [9.17, 15) is 4.79 Å². The summed E-state index contributed by atoms with van der Waals surface area (Å²) in [4.78, 5) is 22.8. The molecular weight excluding hydrogens is 362 g/mol. The van der Waals surface area contributed by atoms with Crippen molar-refractivity contribution in [3.05, 3.63) is 58.4 Å². The smallest absolute Gasteiger partial charge is 0.261 e. The van der Waals surface area contributed by atoms with Crippen LogP contribution < -0.4 is 4.74 Å². The van der Waals surface area contributed by atoms with E-state index >= 15 is 0 Å². The van der Waals surface area contributed by atoms with E-state index < -0.39 is 0 Å². The molecule has 140 valence electrons. The number of aryl methyl sites for hydroxylation is 2. The zero-order valence-electron chi connectivity index (χ0n) is 15.5. The summed E-state index contributed by atoms with van der Waals surface area (Å²) in [5.41, 5.74) is 3.79. The van der Waals surface area contributed by atoms with Crippen LogP contribution in [0.3, 0.4) is 0 Å². The number of likely N-dealkylation sites (tertiary alicyclic amines) is 1. The maximum atomic E-state index is 12.8. The van der Waals surface area contributed by atoms with Gasteiger partial charge in [0.1, 0.15) is 11.6 Å². The molecular formula is C21H22ClN3O2. The second kappa shape index (κ2) is 7.24. The van der Waals surface area contributed by atoms with Gasteiger partial charge in [-0.3, -0.25) is 4.79 Å². The second-order valence-corrected chi connectivity index (χ2v) is 7.48. The third-order valence-electron chi connectivity index (χ3n) is 5.06. The number of hydrogen-bond acceptors (Lipinski definition) is 3. The first-order chi connectivity index (χ1) is 13.0. The lowest BCUT2D eigenvalue weighted by molar-refractivity contribution is -0.134. The van der Waals surface area contributed by atoms with Crippen LogP contribution in [0.15, 0.2) is 36.4 Å². The number of nitrogens with zero attached hydrogens (tertiary/aromatic N) is 2. The molecule has 6 heteroatoms. The fraction of sp³-hybridized carbons (Fsp3) is 0.333. The number of carbonyl (C=O) groups excluding carboxylic acids is 1. The lowest BCUT2D eigenvalue weighted by Gasteiger charge is -2.23. The van der Waals surface area contributed by atoms with Crippen molar-refractivity contribution in [2.24, 2.45) is 0 Å². The fourth-order valence-electron chi connectivity index (χ4n) is 3.82. The zero-order valence-corrected chi connectivity index (χ0v) is 16.2. The number of imidazole rings is 1. The predicted molar refractivity (Wildman–Crippen MR) is 106 cm³/mol. The van der Waals surface area contributed by atoms with Gasteiger partial charge in [-0.15, -0.1) is 0 Å². The molecule has 27 heavy (non-hydrogen) atoms. The highest BCUT2D eigenvalue weighted by molar-refractivity contribution is 6.30. The minimum Gasteiger partial charge on any atom is -0.483 e. The number of aromatic nitrogens is 2. The van der Waals surface area contributed by atoms with Gasteiger partial charge in [-0.2, -0.15) is 0 Å². The number of para-hydroxylation sites is 2. The monoisotopic (exact) mass is 383 g/mol. The normalized spacial score (nSPS) is 16.9. The van der Waals surface area contributed by atoms with E-state index in [1.807, 2.05) is 55.1 Å². The quantitative estimate of drug-likeness (QED) is 0.717. The molecule has 1 amide bonds. The van der Waals surface area contributed by atoms with Gasteiger partial charge in [0.15, 0.2) is 6.61 Å². The van der Waals surface area contributed by atoms with Crippen LogP contribution in [0.25, 0.3) is 11.0 Å². The number of halogens is 1. The van der Waals surface area contributed by atoms with E-state index in [1.54, 1.807) is 0 Å². The van der Waals surface area contributed by atoms with E-state index in [0.29, 0.717) is 5.02 Å². The van der Waals surface area contributed by atoms with Crippen LogP contribution in [0.5, 0.6) is 5.75 Å². The maximum absolute atomic E-state index is 12.8. The van der Waals surface area contributed by atoms with Crippen molar-refractivity contribution >= 4 is 28.5 Å². The first-order valence-corrected chi connectivity index (χ1v) is 9.54. The topological polar surface area (TPSA) is 58.2 Å². The van der Waals surface area contributed by atoms with Crippen LogP contribution in [-0.2, 0) is 4.79 Å². The fourth-order valence-corrected chi connectivity index (χ4v) is 4.15. The predicted octanol–water partition coefficient (Wildman–Crippen LogP) is 4.58. The molecule has 0 saturated carbocycles. The molecule has 1 aliphatic heterocycles. The van der Waals surface area contributed by atoms with Gasteiger partial charge in [-0.25, -0.2) is 4.98 Å². The van der Waals surface area contributed by atoms with Crippen LogP contribution in [0, 0.1) is 13.8 Å². The van der Waals surface area contributed by atoms with Crippen molar-refractivity contribution in [1.29, 1.82) is 0 Å². The number of hydrogen-bond donors (Lipinski definition) is 1. The van der Waals surface area contributed by atoms with Gasteiger partial charge in [-0.1, -0.05) is 23.7 Å². The van der Waals surface area contributed by atoms with Crippen molar-refractivity contribution in [1.82, 2.24) is 14.9 Å². The van der Waals surface area contributed by atoms with Gasteiger partial charge in [0.25, 0.3) is 5.91 Å². The van der Waals surface area contributed by atoms with E-state index in [-0.39, 0.29) is 18.6 Å². The number of benzene rings is 2. The summed E-state index contributed by atoms with van der Waals surface area (Å²) < 4.78 is 5.86. The lowest BCUT2D eigenvalue weighted by atomic mass is 10.1. The number of ether oxygens (including phenoxy) is 1. The van der Waals surface area contributed by atoms with Gasteiger partial charge in [-0.05, 0) is 62.1 Å². The molecule has 1 atom stereocenters. The van der Waals surface area contributed by atoms with Gasteiger partial charge < -0.3 is 14.6 Å². The Bertz CT molecular complexity index is 942. The standard InChI is InChI=1S/C21H22ClN3O2/c1-13-10-15(22)11-14(2)20(13)27-12-19(26)25-9-5-8-18(25)21-23-16-6-3-4-7-17(16)24-21/h3-4,6-7,10-11,18H,5,8-9,12H2,1-2H3,(H,23,24)/t18-/m1/s1. The third-order valence-corrected chi connectivity index (χ3v) is 5.28. The molecule has 1 N–H and O–H groups in total. The van der Waals surface area contributed by atoms with Crippen molar-refractivity contribution in [2.75, 3.05) is 13.2 Å². The minimum atomic E-state index is -0.0269. The molecule has 1 aliphatic rings. The average Bonchev–Trinajstić information content (AvgIpc) is 3.27. The molecule has 0 aliphatic carbocycles. The Kier molecular flexibility index (Phi) is 4.79. The van der Waals surface area contributed by atoms with Crippen LogP contribution in [0.2, 0.25) is 5.02 Å². The van der Waals surface area contributed by atoms with Crippen LogP contribution in [0.4, 0.5) is 0 Å². The summed E-state index contributed by atoms with van der Waals surface area (Å²) in [6, 6.07) is 11.6. The SMILES string of the molecule is Cc1cc(Cl)cc(C)c1OCC(=O)N1CCC[C@@H]1c1nc2ccccc2[nH]1. The Morgan fingerprint density at radius 1 is 1.30 bits per heavy atom. The Hall–Kier alpha value is -2.53. The zero-order chi connectivity index (χ0) is 19.0.